The molecule has 9 aromatic carbocycles. The van der Waals surface area contributed by atoms with Crippen molar-refractivity contribution < 1.29 is 4.42 Å². The van der Waals surface area contributed by atoms with Gasteiger partial charge >= 0.3 is 0 Å². The summed E-state index contributed by atoms with van der Waals surface area (Å²) < 4.78 is 9.30. The molecule has 0 aliphatic carbocycles. The molecule has 0 saturated carbocycles. The van der Waals surface area contributed by atoms with Crippen molar-refractivity contribution in [3.8, 4) is 11.1 Å². The molecule has 1 aliphatic heterocycles. The zero-order chi connectivity index (χ0) is 40.3. The molecule has 61 heavy (non-hydrogen) atoms. The summed E-state index contributed by atoms with van der Waals surface area (Å²) in [7, 11) is 0. The van der Waals surface area contributed by atoms with E-state index in [1.165, 1.54) is 30.9 Å². The minimum atomic E-state index is -0.298. The van der Waals surface area contributed by atoms with Crippen molar-refractivity contribution in [2.24, 2.45) is 9.98 Å². The molecule has 0 amide bonds. The quantitative estimate of drug-likeness (QED) is 0.175. The summed E-state index contributed by atoms with van der Waals surface area (Å²) in [6.45, 7) is 0. The molecular formula is C55H36N4OS. The van der Waals surface area contributed by atoms with Gasteiger partial charge in [-0.05, 0) is 76.0 Å². The average Bonchev–Trinajstić information content (AvgIpc) is 3.92. The molecule has 2 aromatic heterocycles. The van der Waals surface area contributed by atoms with Gasteiger partial charge in [-0.1, -0.05) is 158 Å². The number of anilines is 3. The van der Waals surface area contributed by atoms with Crippen molar-refractivity contribution in [3.05, 3.63) is 223 Å². The lowest BCUT2D eigenvalue weighted by Crippen LogP contribution is -2.33. The molecule has 11 aromatic rings. The summed E-state index contributed by atoms with van der Waals surface area (Å²) in [5, 5.41) is 10.7. The molecule has 1 aliphatic rings. The van der Waals surface area contributed by atoms with Crippen molar-refractivity contribution >= 4 is 93.0 Å². The highest BCUT2D eigenvalue weighted by atomic mass is 32.1. The maximum absolute atomic E-state index is 6.85. The number of amidine groups is 2. The molecule has 0 spiro atoms. The summed E-state index contributed by atoms with van der Waals surface area (Å²) in [4.78, 5) is 12.8. The molecule has 0 saturated heterocycles. The standard InChI is InChI=1S/C55H36N4OS/c1-3-15-37(16-4-1)53-56-54(58-55(57-53)46-23-13-22-44-43-20-10-12-25-49(43)61-52(44)46)38-28-26-36(27-29-38)42-32-33-47(51-50(42)45-21-9-11-24-48(45)60-51)59(40-18-5-2-6-19-40)41-31-30-35-14-7-8-17-39(35)34-41/h1-34,53H,(H,56,57,58). The lowest BCUT2D eigenvalue weighted by molar-refractivity contribution is 0.669. The Morgan fingerprint density at radius 2 is 1.23 bits per heavy atom. The second-order valence-electron chi connectivity index (χ2n) is 15.4. The van der Waals surface area contributed by atoms with Crippen LogP contribution in [-0.2, 0) is 0 Å². The smallest absolute Gasteiger partial charge is 0.160 e. The largest absolute Gasteiger partial charge is 0.454 e. The highest BCUT2D eigenvalue weighted by Gasteiger charge is 2.25. The van der Waals surface area contributed by atoms with Gasteiger partial charge in [-0.3, -0.25) is 0 Å². The molecule has 5 nitrogen and oxygen atoms in total. The van der Waals surface area contributed by atoms with E-state index in [1.807, 2.05) is 12.1 Å². The van der Waals surface area contributed by atoms with Crippen LogP contribution in [0.4, 0.5) is 17.1 Å². The van der Waals surface area contributed by atoms with Crippen molar-refractivity contribution in [2.45, 2.75) is 6.17 Å². The molecular weight excluding hydrogens is 765 g/mol. The van der Waals surface area contributed by atoms with Crippen LogP contribution in [0.25, 0.3) is 64.0 Å². The number of hydrogen-bond donors (Lipinski definition) is 1. The van der Waals surface area contributed by atoms with Gasteiger partial charge in [0.2, 0.25) is 0 Å². The van der Waals surface area contributed by atoms with Gasteiger partial charge in [-0.2, -0.15) is 0 Å². The van der Waals surface area contributed by atoms with Gasteiger partial charge in [0, 0.05) is 53.4 Å². The summed E-state index contributed by atoms with van der Waals surface area (Å²) in [5.41, 5.74) is 10.1. The van der Waals surface area contributed by atoms with Gasteiger partial charge in [0.1, 0.15) is 17.6 Å². The Kier molecular flexibility index (Phi) is 8.35. The first-order valence-electron chi connectivity index (χ1n) is 20.5. The van der Waals surface area contributed by atoms with Gasteiger partial charge in [-0.25, -0.2) is 9.98 Å². The van der Waals surface area contributed by atoms with Crippen LogP contribution in [0.3, 0.4) is 0 Å². The van der Waals surface area contributed by atoms with Gasteiger partial charge in [0.15, 0.2) is 11.4 Å². The van der Waals surface area contributed by atoms with Crippen LogP contribution in [0.2, 0.25) is 0 Å². The molecule has 1 unspecified atom stereocenters. The second-order valence-corrected chi connectivity index (χ2v) is 16.4. The predicted molar refractivity (Wildman–Crippen MR) is 256 cm³/mol. The Morgan fingerprint density at radius 3 is 2.08 bits per heavy atom. The van der Waals surface area contributed by atoms with Crippen LogP contribution < -0.4 is 10.2 Å². The molecule has 0 radical (unpaired) electrons. The van der Waals surface area contributed by atoms with E-state index < -0.39 is 0 Å². The minimum absolute atomic E-state index is 0.298. The molecule has 288 valence electrons. The second kappa shape index (κ2) is 14.5. The van der Waals surface area contributed by atoms with Gasteiger partial charge < -0.3 is 14.6 Å². The SMILES string of the molecule is c1ccc(C2N=C(c3cccc4c3sc3ccccc34)N=C(c3ccc(-c4ccc(N(c5ccccc5)c5ccc6ccccc6c5)c5oc6ccccc6c45)cc3)N2)cc1. The zero-order valence-corrected chi connectivity index (χ0v) is 33.7. The fourth-order valence-electron chi connectivity index (χ4n) is 8.80. The Hall–Kier alpha value is -7.80. The zero-order valence-electron chi connectivity index (χ0n) is 32.9. The van der Waals surface area contributed by atoms with Crippen LogP contribution >= 0.6 is 11.3 Å². The number of para-hydroxylation sites is 2. The molecule has 1 N–H and O–H groups in total. The summed E-state index contributed by atoms with van der Waals surface area (Å²) >= 11 is 1.80. The first-order chi connectivity index (χ1) is 30.2. The number of nitrogens with one attached hydrogen (secondary N) is 1. The van der Waals surface area contributed by atoms with E-state index in [0.717, 1.165) is 78.5 Å². The number of rotatable bonds is 7. The van der Waals surface area contributed by atoms with Crippen molar-refractivity contribution in [3.63, 3.8) is 0 Å². The van der Waals surface area contributed by atoms with Crippen LogP contribution in [0.1, 0.15) is 22.9 Å². The lowest BCUT2D eigenvalue weighted by atomic mass is 9.97. The van der Waals surface area contributed by atoms with Crippen molar-refractivity contribution in [2.75, 3.05) is 4.90 Å². The topological polar surface area (TPSA) is 53.1 Å². The molecule has 12 rings (SSSR count). The average molecular weight is 801 g/mol. The first-order valence-corrected chi connectivity index (χ1v) is 21.3. The fraction of sp³-hybridized carbons (Fsp3) is 0.0182. The molecule has 3 heterocycles. The Balaban J connectivity index is 0.978. The van der Waals surface area contributed by atoms with Crippen LogP contribution in [0.5, 0.6) is 0 Å². The third-order valence-electron chi connectivity index (χ3n) is 11.7. The molecule has 0 bridgehead atoms. The Bertz CT molecular complexity index is 3510. The number of fused-ring (bicyclic) bond motifs is 7. The third-order valence-corrected chi connectivity index (χ3v) is 12.9. The highest BCUT2D eigenvalue weighted by Crippen LogP contribution is 2.46. The van der Waals surface area contributed by atoms with E-state index in [9.17, 15) is 0 Å². The summed E-state index contributed by atoms with van der Waals surface area (Å²) in [5.74, 6) is 1.51. The van der Waals surface area contributed by atoms with E-state index in [-0.39, 0.29) is 6.17 Å². The summed E-state index contributed by atoms with van der Waals surface area (Å²) in [6, 6.07) is 72.7. The van der Waals surface area contributed by atoms with Gasteiger partial charge in [0.05, 0.1) is 5.69 Å². The van der Waals surface area contributed by atoms with E-state index in [2.05, 4.69) is 204 Å². The number of benzene rings is 9. The highest BCUT2D eigenvalue weighted by molar-refractivity contribution is 7.26. The lowest BCUT2D eigenvalue weighted by Gasteiger charge is -2.26. The normalized spacial score (nSPS) is 14.1. The maximum atomic E-state index is 6.85. The number of furan rings is 1. The number of aliphatic imine (C=N–C) groups is 2. The first kappa shape index (κ1) is 35.2. The van der Waals surface area contributed by atoms with Crippen molar-refractivity contribution in [1.82, 2.24) is 5.32 Å². The predicted octanol–water partition coefficient (Wildman–Crippen LogP) is 14.7. The van der Waals surface area contributed by atoms with Crippen LogP contribution in [0, 0.1) is 0 Å². The minimum Gasteiger partial charge on any atom is -0.454 e. The molecule has 1 atom stereocenters. The maximum Gasteiger partial charge on any atom is 0.160 e. The molecule has 0 fully saturated rings. The van der Waals surface area contributed by atoms with Crippen LogP contribution in [-0.4, -0.2) is 11.7 Å². The monoisotopic (exact) mass is 800 g/mol. The summed E-state index contributed by atoms with van der Waals surface area (Å²) in [6.07, 6.45) is -0.298. The van der Waals surface area contributed by atoms with Crippen LogP contribution in [0.15, 0.2) is 221 Å². The van der Waals surface area contributed by atoms with E-state index in [4.69, 9.17) is 14.4 Å². The Morgan fingerprint density at radius 1 is 0.525 bits per heavy atom. The third kappa shape index (κ3) is 6.07. The molecule has 6 heteroatoms. The van der Waals surface area contributed by atoms with E-state index >= 15 is 0 Å². The van der Waals surface area contributed by atoms with E-state index in [0.29, 0.717) is 0 Å². The van der Waals surface area contributed by atoms with E-state index in [1.54, 1.807) is 11.3 Å². The van der Waals surface area contributed by atoms with Crippen molar-refractivity contribution in [1.29, 1.82) is 0 Å². The number of hydrogen-bond acceptors (Lipinski definition) is 6. The Labute approximate surface area is 356 Å². The number of nitrogens with zero attached hydrogens (tertiary/aromatic N) is 3. The van der Waals surface area contributed by atoms with Gasteiger partial charge in [-0.15, -0.1) is 11.3 Å². The fourth-order valence-corrected chi connectivity index (χ4v) is 10.0. The number of thiophene rings is 1. The van der Waals surface area contributed by atoms with Gasteiger partial charge in [0.25, 0.3) is 0 Å².